The molecule has 0 aromatic heterocycles. The van der Waals surface area contributed by atoms with Gasteiger partial charge in [0.15, 0.2) is 0 Å². The topological polar surface area (TPSA) is 70.1 Å². The molecule has 0 saturated carbocycles. The first-order valence-corrected chi connectivity index (χ1v) is 6.28. The first kappa shape index (κ1) is 14.5. The van der Waals surface area contributed by atoms with Crippen molar-refractivity contribution in [2.45, 2.75) is 6.92 Å². The Hall–Kier alpha value is -2.87. The molecule has 5 heteroatoms. The second-order valence-electron chi connectivity index (χ2n) is 4.69. The van der Waals surface area contributed by atoms with Crippen molar-refractivity contribution in [3.05, 3.63) is 58.9 Å². The Morgan fingerprint density at radius 2 is 2.00 bits per heavy atom. The van der Waals surface area contributed by atoms with Crippen molar-refractivity contribution < 1.29 is 9.18 Å². The lowest BCUT2D eigenvalue weighted by atomic mass is 10.1. The van der Waals surface area contributed by atoms with Crippen LogP contribution in [0.15, 0.2) is 36.4 Å². The summed E-state index contributed by atoms with van der Waals surface area (Å²) in [7, 11) is 1.50. The summed E-state index contributed by atoms with van der Waals surface area (Å²) in [6.45, 7) is 1.55. The van der Waals surface area contributed by atoms with Gasteiger partial charge in [0.25, 0.3) is 5.91 Å². The summed E-state index contributed by atoms with van der Waals surface area (Å²) in [5, 5.41) is 9.08. The maximum Gasteiger partial charge on any atom is 0.261 e. The Bertz CT molecular complexity index is 750. The van der Waals surface area contributed by atoms with Gasteiger partial charge in [-0.2, -0.15) is 5.26 Å². The summed E-state index contributed by atoms with van der Waals surface area (Å²) < 4.78 is 14.1. The maximum absolute atomic E-state index is 14.1. The highest BCUT2D eigenvalue weighted by atomic mass is 19.1. The van der Waals surface area contributed by atoms with E-state index in [1.165, 1.54) is 24.1 Å². The van der Waals surface area contributed by atoms with E-state index in [9.17, 15) is 9.18 Å². The van der Waals surface area contributed by atoms with E-state index >= 15 is 0 Å². The maximum atomic E-state index is 14.1. The summed E-state index contributed by atoms with van der Waals surface area (Å²) in [4.78, 5) is 13.7. The van der Waals surface area contributed by atoms with Crippen molar-refractivity contribution in [2.24, 2.45) is 0 Å². The largest absolute Gasteiger partial charge is 0.399 e. The normalized spacial score (nSPS) is 10.0. The summed E-state index contributed by atoms with van der Waals surface area (Å²) in [5.74, 6) is -1.15. The first-order valence-electron chi connectivity index (χ1n) is 6.28. The van der Waals surface area contributed by atoms with Crippen LogP contribution in [-0.2, 0) is 0 Å². The molecule has 2 N–H and O–H groups in total. The molecule has 4 nitrogen and oxygen atoms in total. The number of nitriles is 1. The quantitative estimate of drug-likeness (QED) is 0.861. The van der Waals surface area contributed by atoms with Crippen LogP contribution in [0.5, 0.6) is 0 Å². The highest BCUT2D eigenvalue weighted by Gasteiger charge is 2.21. The standard InChI is InChI=1S/C16H14FN3O/c1-10-7-12(19)8-13(15(10)17)16(21)20(2)14-6-4-3-5-11(14)9-18/h3-8H,19H2,1-2H3. The fourth-order valence-electron chi connectivity index (χ4n) is 2.10. The molecule has 2 aromatic carbocycles. The molecule has 0 atom stereocenters. The van der Waals surface area contributed by atoms with Crippen LogP contribution in [0.4, 0.5) is 15.8 Å². The molecule has 0 fully saturated rings. The second-order valence-corrected chi connectivity index (χ2v) is 4.69. The van der Waals surface area contributed by atoms with E-state index < -0.39 is 11.7 Å². The van der Waals surface area contributed by atoms with Crippen LogP contribution in [0.25, 0.3) is 0 Å². The third kappa shape index (κ3) is 2.70. The highest BCUT2D eigenvalue weighted by molar-refractivity contribution is 6.07. The van der Waals surface area contributed by atoms with Crippen molar-refractivity contribution >= 4 is 17.3 Å². The molecular formula is C16H14FN3O. The highest BCUT2D eigenvalue weighted by Crippen LogP contribution is 2.23. The Kier molecular flexibility index (Phi) is 3.90. The van der Waals surface area contributed by atoms with Crippen LogP contribution in [0.1, 0.15) is 21.5 Å². The third-order valence-corrected chi connectivity index (χ3v) is 3.20. The van der Waals surface area contributed by atoms with Crippen molar-refractivity contribution in [1.82, 2.24) is 0 Å². The number of nitrogen functional groups attached to an aromatic ring is 1. The summed E-state index contributed by atoms with van der Waals surface area (Å²) >= 11 is 0. The molecule has 0 aliphatic rings. The van der Waals surface area contributed by atoms with Gasteiger partial charge in [-0.15, -0.1) is 0 Å². The number of carbonyl (C=O) groups is 1. The first-order chi connectivity index (χ1) is 9.95. The Morgan fingerprint density at radius 1 is 1.33 bits per heavy atom. The molecule has 0 aliphatic carbocycles. The number of aryl methyl sites for hydroxylation is 1. The molecule has 0 spiro atoms. The van der Waals surface area contributed by atoms with E-state index in [-0.39, 0.29) is 5.56 Å². The number of hydrogen-bond acceptors (Lipinski definition) is 3. The number of hydrogen-bond donors (Lipinski definition) is 1. The van der Waals surface area contributed by atoms with Crippen LogP contribution >= 0.6 is 0 Å². The number of benzene rings is 2. The van der Waals surface area contributed by atoms with Gasteiger partial charge in [0.1, 0.15) is 11.9 Å². The van der Waals surface area contributed by atoms with Gasteiger partial charge in [-0.1, -0.05) is 12.1 Å². The summed E-state index contributed by atoms with van der Waals surface area (Å²) in [6.07, 6.45) is 0. The number of carbonyl (C=O) groups excluding carboxylic acids is 1. The molecule has 106 valence electrons. The molecule has 0 heterocycles. The van der Waals surface area contributed by atoms with E-state index in [0.29, 0.717) is 22.5 Å². The van der Waals surface area contributed by atoms with Gasteiger partial charge in [0.2, 0.25) is 0 Å². The fraction of sp³-hybridized carbons (Fsp3) is 0.125. The average Bonchev–Trinajstić information content (AvgIpc) is 2.49. The minimum absolute atomic E-state index is 0.109. The van der Waals surface area contributed by atoms with Crippen LogP contribution < -0.4 is 10.6 Å². The number of nitrogens with zero attached hydrogens (tertiary/aromatic N) is 2. The second kappa shape index (κ2) is 5.63. The molecule has 1 amide bonds. The SMILES string of the molecule is Cc1cc(N)cc(C(=O)N(C)c2ccccc2C#N)c1F. The third-order valence-electron chi connectivity index (χ3n) is 3.20. The van der Waals surface area contributed by atoms with Gasteiger partial charge >= 0.3 is 0 Å². The molecule has 2 rings (SSSR count). The number of rotatable bonds is 2. The van der Waals surface area contributed by atoms with Gasteiger partial charge in [-0.05, 0) is 36.8 Å². The van der Waals surface area contributed by atoms with Crippen molar-refractivity contribution in [2.75, 3.05) is 17.7 Å². The molecule has 0 saturated heterocycles. The van der Waals surface area contributed by atoms with Crippen LogP contribution in [-0.4, -0.2) is 13.0 Å². The molecular weight excluding hydrogens is 269 g/mol. The van der Waals surface area contributed by atoms with E-state index in [1.807, 2.05) is 6.07 Å². The summed E-state index contributed by atoms with van der Waals surface area (Å²) in [6, 6.07) is 11.4. The average molecular weight is 283 g/mol. The zero-order valence-corrected chi connectivity index (χ0v) is 11.7. The van der Waals surface area contributed by atoms with Crippen molar-refractivity contribution in [3.8, 4) is 6.07 Å². The molecule has 0 aliphatic heterocycles. The molecule has 2 aromatic rings. The predicted molar refractivity (Wildman–Crippen MR) is 79.4 cm³/mol. The van der Waals surface area contributed by atoms with Crippen LogP contribution in [0, 0.1) is 24.1 Å². The lowest BCUT2D eigenvalue weighted by molar-refractivity contribution is 0.0989. The van der Waals surface area contributed by atoms with Crippen molar-refractivity contribution in [1.29, 1.82) is 5.26 Å². The Morgan fingerprint density at radius 3 is 2.67 bits per heavy atom. The van der Waals surface area contributed by atoms with Crippen LogP contribution in [0.2, 0.25) is 0 Å². The number of anilines is 2. The predicted octanol–water partition coefficient (Wildman–Crippen LogP) is 2.86. The zero-order chi connectivity index (χ0) is 15.6. The van der Waals surface area contributed by atoms with Gasteiger partial charge in [-0.3, -0.25) is 4.79 Å². The number of para-hydroxylation sites is 1. The lowest BCUT2D eigenvalue weighted by Crippen LogP contribution is -2.28. The summed E-state index contributed by atoms with van der Waals surface area (Å²) in [5.41, 5.74) is 6.95. The van der Waals surface area contributed by atoms with Gasteiger partial charge < -0.3 is 10.6 Å². The molecule has 21 heavy (non-hydrogen) atoms. The van der Waals surface area contributed by atoms with E-state index in [2.05, 4.69) is 0 Å². The fourth-order valence-corrected chi connectivity index (χ4v) is 2.10. The van der Waals surface area contributed by atoms with Gasteiger partial charge in [-0.25, -0.2) is 4.39 Å². The van der Waals surface area contributed by atoms with Crippen molar-refractivity contribution in [3.63, 3.8) is 0 Å². The Balaban J connectivity index is 2.48. The lowest BCUT2D eigenvalue weighted by Gasteiger charge is -2.19. The number of halogens is 1. The minimum Gasteiger partial charge on any atom is -0.399 e. The smallest absolute Gasteiger partial charge is 0.261 e. The monoisotopic (exact) mass is 283 g/mol. The molecule has 0 unspecified atom stereocenters. The Labute approximate surface area is 122 Å². The van der Waals surface area contributed by atoms with E-state index in [0.717, 1.165) is 0 Å². The van der Waals surface area contributed by atoms with E-state index in [1.54, 1.807) is 31.2 Å². The molecule has 0 bridgehead atoms. The van der Waals surface area contributed by atoms with E-state index in [4.69, 9.17) is 11.0 Å². The number of amides is 1. The van der Waals surface area contributed by atoms with Gasteiger partial charge in [0, 0.05) is 12.7 Å². The zero-order valence-electron chi connectivity index (χ0n) is 11.7. The minimum atomic E-state index is -0.601. The van der Waals surface area contributed by atoms with Gasteiger partial charge in [0.05, 0.1) is 16.8 Å². The molecule has 0 radical (unpaired) electrons. The van der Waals surface area contributed by atoms with Crippen LogP contribution in [0.3, 0.4) is 0 Å². The number of nitrogens with two attached hydrogens (primary N) is 1.